The molecule has 0 atom stereocenters. The molecule has 1 aliphatic rings. The molecule has 1 amide bonds. The third-order valence-corrected chi connectivity index (χ3v) is 5.73. The maximum atomic E-state index is 13.4. The van der Waals surface area contributed by atoms with Crippen LogP contribution < -0.4 is 5.56 Å². The molecule has 2 aromatic heterocycles. The second kappa shape index (κ2) is 7.51. The molecule has 0 radical (unpaired) electrons. The number of aromatic hydroxyl groups is 1. The van der Waals surface area contributed by atoms with Gasteiger partial charge in [-0.3, -0.25) is 14.4 Å². The number of likely N-dealkylation sites (tertiary alicyclic amines) is 1. The van der Waals surface area contributed by atoms with E-state index in [1.807, 2.05) is 0 Å². The Bertz CT molecular complexity index is 1190. The van der Waals surface area contributed by atoms with E-state index >= 15 is 0 Å². The molecule has 4 rings (SSSR count). The van der Waals surface area contributed by atoms with Crippen LogP contribution >= 0.6 is 15.9 Å². The number of carbonyl (C=O) groups is 2. The molecule has 3 heterocycles. The van der Waals surface area contributed by atoms with Gasteiger partial charge in [0.15, 0.2) is 5.78 Å². The molecule has 0 unspecified atom stereocenters. The molecule has 150 valence electrons. The highest BCUT2D eigenvalue weighted by molar-refractivity contribution is 9.10. The van der Waals surface area contributed by atoms with Crippen LogP contribution in [-0.2, 0) is 0 Å². The van der Waals surface area contributed by atoms with Crippen molar-refractivity contribution in [2.45, 2.75) is 26.2 Å². The van der Waals surface area contributed by atoms with Crippen LogP contribution in [0.1, 0.15) is 51.2 Å². The highest BCUT2D eigenvalue weighted by Gasteiger charge is 2.29. The summed E-state index contributed by atoms with van der Waals surface area (Å²) in [4.78, 5) is 46.3. The summed E-state index contributed by atoms with van der Waals surface area (Å²) in [6, 6.07) is 6.73. The SMILES string of the molecule is Cc1cc(C(=O)c2c(O)[nH]c3ccc(Br)cc23)c(C(=O)N2CCCCC2)c(=O)[nH]1. The lowest BCUT2D eigenvalue weighted by molar-refractivity contribution is 0.0718. The molecular weight excluding hydrogens is 438 g/mol. The van der Waals surface area contributed by atoms with Crippen LogP contribution in [0.15, 0.2) is 33.5 Å². The van der Waals surface area contributed by atoms with Crippen molar-refractivity contribution in [2.24, 2.45) is 0 Å². The van der Waals surface area contributed by atoms with Crippen molar-refractivity contribution in [1.82, 2.24) is 14.9 Å². The Hall–Kier alpha value is -2.87. The van der Waals surface area contributed by atoms with E-state index in [-0.39, 0.29) is 22.6 Å². The van der Waals surface area contributed by atoms with Crippen LogP contribution in [0.2, 0.25) is 0 Å². The van der Waals surface area contributed by atoms with Crippen molar-refractivity contribution >= 4 is 38.5 Å². The third kappa shape index (κ3) is 3.48. The van der Waals surface area contributed by atoms with Crippen molar-refractivity contribution in [1.29, 1.82) is 0 Å². The molecule has 3 aromatic rings. The van der Waals surface area contributed by atoms with Gasteiger partial charge in [-0.05, 0) is 50.5 Å². The van der Waals surface area contributed by atoms with Gasteiger partial charge in [0.2, 0.25) is 5.88 Å². The fourth-order valence-electron chi connectivity index (χ4n) is 3.85. The molecule has 7 nitrogen and oxygen atoms in total. The Labute approximate surface area is 174 Å². The lowest BCUT2D eigenvalue weighted by Crippen LogP contribution is -2.39. The van der Waals surface area contributed by atoms with E-state index in [9.17, 15) is 19.5 Å². The molecule has 0 saturated carbocycles. The lowest BCUT2D eigenvalue weighted by Gasteiger charge is -2.27. The van der Waals surface area contributed by atoms with Crippen LogP contribution in [0.25, 0.3) is 10.9 Å². The number of halogens is 1. The van der Waals surface area contributed by atoms with Crippen molar-refractivity contribution < 1.29 is 14.7 Å². The minimum absolute atomic E-state index is 0.00185. The standard InChI is InChI=1S/C21H20BrN3O4/c1-11-9-14(17(20(28)23-11)21(29)25-7-3-2-4-8-25)18(26)16-13-10-12(22)5-6-15(13)24-19(16)27/h5-6,9-10,24,27H,2-4,7-8H2,1H3,(H,23,28). The summed E-state index contributed by atoms with van der Waals surface area (Å²) >= 11 is 3.37. The highest BCUT2D eigenvalue weighted by Crippen LogP contribution is 2.32. The van der Waals surface area contributed by atoms with Crippen molar-refractivity contribution in [3.63, 3.8) is 0 Å². The van der Waals surface area contributed by atoms with Crippen LogP contribution in [-0.4, -0.2) is 44.8 Å². The molecule has 1 aliphatic heterocycles. The number of hydrogen-bond acceptors (Lipinski definition) is 4. The van der Waals surface area contributed by atoms with Gasteiger partial charge in [0, 0.05) is 39.7 Å². The monoisotopic (exact) mass is 457 g/mol. The minimum atomic E-state index is -0.593. The Morgan fingerprint density at radius 2 is 1.79 bits per heavy atom. The average Bonchev–Trinajstić information content (AvgIpc) is 3.02. The maximum absolute atomic E-state index is 13.4. The Morgan fingerprint density at radius 1 is 1.07 bits per heavy atom. The molecule has 8 heteroatoms. The van der Waals surface area contributed by atoms with Crippen molar-refractivity contribution in [3.05, 3.63) is 61.5 Å². The van der Waals surface area contributed by atoms with E-state index in [2.05, 4.69) is 25.9 Å². The number of ketones is 1. The number of piperidine rings is 1. The number of H-pyrrole nitrogens is 2. The van der Waals surface area contributed by atoms with Gasteiger partial charge < -0.3 is 20.0 Å². The fourth-order valence-corrected chi connectivity index (χ4v) is 4.21. The predicted octanol–water partition coefficient (Wildman–Crippen LogP) is 3.49. The van der Waals surface area contributed by atoms with Gasteiger partial charge >= 0.3 is 0 Å². The zero-order valence-corrected chi connectivity index (χ0v) is 17.4. The number of aromatic nitrogens is 2. The summed E-state index contributed by atoms with van der Waals surface area (Å²) in [5.41, 5.74) is 0.321. The first-order valence-electron chi connectivity index (χ1n) is 9.45. The number of carbonyl (C=O) groups excluding carboxylic acids is 2. The summed E-state index contributed by atoms with van der Waals surface area (Å²) in [5.74, 6) is -1.31. The molecule has 0 aliphatic carbocycles. The van der Waals surface area contributed by atoms with Gasteiger partial charge in [-0.1, -0.05) is 15.9 Å². The summed E-state index contributed by atoms with van der Waals surface area (Å²) in [5, 5.41) is 10.9. The van der Waals surface area contributed by atoms with E-state index in [4.69, 9.17) is 0 Å². The van der Waals surface area contributed by atoms with E-state index in [1.54, 1.807) is 30.0 Å². The fraction of sp³-hybridized carbons (Fsp3) is 0.286. The molecular formula is C21H20BrN3O4. The second-order valence-electron chi connectivity index (χ2n) is 7.29. The number of fused-ring (bicyclic) bond motifs is 1. The Balaban J connectivity index is 1.88. The Morgan fingerprint density at radius 3 is 2.52 bits per heavy atom. The summed E-state index contributed by atoms with van der Waals surface area (Å²) in [6.45, 7) is 2.77. The number of aryl methyl sites for hydroxylation is 1. The number of nitrogens with zero attached hydrogens (tertiary/aromatic N) is 1. The number of pyridine rings is 1. The third-order valence-electron chi connectivity index (χ3n) is 5.24. The molecule has 1 aromatic carbocycles. The second-order valence-corrected chi connectivity index (χ2v) is 8.21. The topological polar surface area (TPSA) is 106 Å². The van der Waals surface area contributed by atoms with Gasteiger partial charge in [0.05, 0.1) is 5.56 Å². The van der Waals surface area contributed by atoms with Crippen LogP contribution in [0.5, 0.6) is 5.88 Å². The number of benzene rings is 1. The van der Waals surface area contributed by atoms with Gasteiger partial charge in [-0.15, -0.1) is 0 Å². The molecule has 1 fully saturated rings. The average molecular weight is 458 g/mol. The van der Waals surface area contributed by atoms with Gasteiger partial charge in [0.1, 0.15) is 5.56 Å². The predicted molar refractivity (Wildman–Crippen MR) is 113 cm³/mol. The molecule has 29 heavy (non-hydrogen) atoms. The largest absolute Gasteiger partial charge is 0.494 e. The number of amides is 1. The van der Waals surface area contributed by atoms with Crippen LogP contribution in [0, 0.1) is 6.92 Å². The number of nitrogens with one attached hydrogen (secondary N) is 2. The highest BCUT2D eigenvalue weighted by atomic mass is 79.9. The van der Waals surface area contributed by atoms with Crippen LogP contribution in [0.4, 0.5) is 0 Å². The number of rotatable bonds is 3. The molecule has 3 N–H and O–H groups in total. The van der Waals surface area contributed by atoms with E-state index < -0.39 is 17.2 Å². The number of hydrogen-bond donors (Lipinski definition) is 3. The quantitative estimate of drug-likeness (QED) is 0.523. The van der Waals surface area contributed by atoms with E-state index in [1.165, 1.54) is 6.07 Å². The molecule has 1 saturated heterocycles. The zero-order valence-electron chi connectivity index (χ0n) is 15.8. The van der Waals surface area contributed by atoms with Gasteiger partial charge in [-0.25, -0.2) is 0 Å². The summed E-state index contributed by atoms with van der Waals surface area (Å²) < 4.78 is 0.741. The normalized spacial score (nSPS) is 14.3. The van der Waals surface area contributed by atoms with Crippen LogP contribution in [0.3, 0.4) is 0 Å². The first kappa shape index (κ1) is 19.4. The van der Waals surface area contributed by atoms with Crippen molar-refractivity contribution in [2.75, 3.05) is 13.1 Å². The number of aromatic amines is 2. The first-order chi connectivity index (χ1) is 13.9. The first-order valence-corrected chi connectivity index (χ1v) is 10.2. The molecule has 0 spiro atoms. The van der Waals surface area contributed by atoms with E-state index in [0.29, 0.717) is 29.7 Å². The minimum Gasteiger partial charge on any atom is -0.494 e. The summed E-state index contributed by atoms with van der Waals surface area (Å²) in [7, 11) is 0. The van der Waals surface area contributed by atoms with Crippen molar-refractivity contribution in [3.8, 4) is 5.88 Å². The smallest absolute Gasteiger partial charge is 0.261 e. The Kier molecular flexibility index (Phi) is 5.04. The lowest BCUT2D eigenvalue weighted by atomic mass is 9.97. The maximum Gasteiger partial charge on any atom is 0.261 e. The zero-order chi connectivity index (χ0) is 20.7. The van der Waals surface area contributed by atoms with Gasteiger partial charge in [-0.2, -0.15) is 0 Å². The molecule has 0 bridgehead atoms. The van der Waals surface area contributed by atoms with Gasteiger partial charge in [0.25, 0.3) is 11.5 Å². The van der Waals surface area contributed by atoms with E-state index in [0.717, 1.165) is 23.7 Å². The summed E-state index contributed by atoms with van der Waals surface area (Å²) in [6.07, 6.45) is 2.78.